The zero-order valence-corrected chi connectivity index (χ0v) is 16.3. The van der Waals surface area contributed by atoms with Crippen molar-refractivity contribution in [3.8, 4) is 17.3 Å². The second-order valence-electron chi connectivity index (χ2n) is 6.61. The van der Waals surface area contributed by atoms with Crippen molar-refractivity contribution in [3.05, 3.63) is 30.0 Å². The minimum Gasteiger partial charge on any atom is -0.494 e. The second-order valence-corrected chi connectivity index (χ2v) is 6.61. The minimum atomic E-state index is -0.139. The Balaban J connectivity index is 2.19. The summed E-state index contributed by atoms with van der Waals surface area (Å²) in [6.07, 6.45) is 1.75. The number of amides is 2. The van der Waals surface area contributed by atoms with Gasteiger partial charge in [-0.15, -0.1) is 0 Å². The monoisotopic (exact) mass is 369 g/mol. The lowest BCUT2D eigenvalue weighted by molar-refractivity contribution is -0.114. The number of ether oxygens (including phenoxy) is 1. The van der Waals surface area contributed by atoms with Gasteiger partial charge >= 0.3 is 0 Å². The Morgan fingerprint density at radius 2 is 1.93 bits per heavy atom. The Hall–Kier alpha value is -3.29. The van der Waals surface area contributed by atoms with E-state index >= 15 is 0 Å². The number of imidazole rings is 1. The number of carbonyl (C=O) groups is 2. The highest BCUT2D eigenvalue weighted by atomic mass is 16.5. The number of methoxy groups -OCH3 is 1. The van der Waals surface area contributed by atoms with E-state index in [-0.39, 0.29) is 11.8 Å². The highest BCUT2D eigenvalue weighted by Gasteiger charge is 2.25. The molecule has 1 aromatic carbocycles. The average molecular weight is 369 g/mol. The molecule has 0 saturated carbocycles. The highest BCUT2D eigenvalue weighted by Crippen LogP contribution is 2.36. The Morgan fingerprint density at radius 1 is 1.22 bits per heavy atom. The maximum atomic E-state index is 12.5. The number of nitrogens with zero attached hydrogens (tertiary/aromatic N) is 4. The van der Waals surface area contributed by atoms with Crippen molar-refractivity contribution >= 4 is 28.5 Å². The molecule has 0 radical (unpaired) electrons. The van der Waals surface area contributed by atoms with E-state index in [1.807, 2.05) is 41.4 Å². The molecule has 0 aliphatic carbocycles. The molecule has 0 fully saturated rings. The molecule has 0 saturated heterocycles. The Kier molecular flexibility index (Phi) is 4.65. The van der Waals surface area contributed by atoms with Crippen LogP contribution in [0.15, 0.2) is 24.4 Å². The van der Waals surface area contributed by atoms with E-state index in [1.54, 1.807) is 27.4 Å². The average Bonchev–Trinajstić information content (AvgIpc) is 3.09. The van der Waals surface area contributed by atoms with Gasteiger partial charge in [0.15, 0.2) is 11.6 Å². The van der Waals surface area contributed by atoms with Gasteiger partial charge in [-0.05, 0) is 18.2 Å². The molecule has 0 unspecified atom stereocenters. The summed E-state index contributed by atoms with van der Waals surface area (Å²) in [7, 11) is 8.71. The van der Waals surface area contributed by atoms with Crippen molar-refractivity contribution in [2.45, 2.75) is 6.92 Å². The first-order valence-corrected chi connectivity index (χ1v) is 8.44. The van der Waals surface area contributed by atoms with Crippen LogP contribution in [0.4, 0.5) is 5.69 Å². The lowest BCUT2D eigenvalue weighted by atomic mass is 10.2. The third kappa shape index (κ3) is 3.14. The van der Waals surface area contributed by atoms with E-state index in [1.165, 1.54) is 11.8 Å². The molecule has 0 atom stereocenters. The van der Waals surface area contributed by atoms with Crippen LogP contribution in [0.25, 0.3) is 22.6 Å². The van der Waals surface area contributed by atoms with Crippen LogP contribution in [0.1, 0.15) is 17.3 Å². The molecule has 2 aromatic heterocycles. The number of benzene rings is 1. The molecule has 2 heterocycles. The van der Waals surface area contributed by atoms with E-state index < -0.39 is 0 Å². The number of hydrogen-bond donors (Lipinski definition) is 1. The van der Waals surface area contributed by atoms with Crippen LogP contribution >= 0.6 is 0 Å². The highest BCUT2D eigenvalue weighted by molar-refractivity contribution is 5.99. The zero-order chi connectivity index (χ0) is 19.9. The molecule has 1 N–H and O–H groups in total. The van der Waals surface area contributed by atoms with Crippen LogP contribution in [-0.2, 0) is 18.9 Å². The summed E-state index contributed by atoms with van der Waals surface area (Å²) < 4.78 is 9.35. The number of nitrogens with one attached hydrogen (secondary N) is 1. The van der Waals surface area contributed by atoms with Crippen LogP contribution < -0.4 is 10.1 Å². The van der Waals surface area contributed by atoms with Crippen molar-refractivity contribution in [3.63, 3.8) is 0 Å². The maximum Gasteiger partial charge on any atom is 0.258 e. The van der Waals surface area contributed by atoms with Gasteiger partial charge in [0.25, 0.3) is 5.91 Å². The molecule has 0 bridgehead atoms. The van der Waals surface area contributed by atoms with Crippen LogP contribution in [0.5, 0.6) is 5.75 Å². The normalized spacial score (nSPS) is 10.9. The summed E-state index contributed by atoms with van der Waals surface area (Å²) in [5.74, 6) is 0.876. The van der Waals surface area contributed by atoms with Gasteiger partial charge in [-0.2, -0.15) is 0 Å². The summed E-state index contributed by atoms with van der Waals surface area (Å²) in [5.41, 5.74) is 3.51. The molecular formula is C19H23N5O3. The van der Waals surface area contributed by atoms with E-state index in [9.17, 15) is 9.59 Å². The molecule has 8 nitrogen and oxygen atoms in total. The maximum absolute atomic E-state index is 12.5. The van der Waals surface area contributed by atoms with E-state index in [2.05, 4.69) is 5.32 Å². The second kappa shape index (κ2) is 6.79. The zero-order valence-electron chi connectivity index (χ0n) is 16.3. The lowest BCUT2D eigenvalue weighted by Gasteiger charge is -2.11. The molecule has 3 rings (SSSR count). The Labute approximate surface area is 157 Å². The number of anilines is 1. The predicted octanol–water partition coefficient (Wildman–Crippen LogP) is 2.25. The van der Waals surface area contributed by atoms with Crippen molar-refractivity contribution in [2.24, 2.45) is 14.1 Å². The number of carbonyl (C=O) groups excluding carboxylic acids is 2. The standard InChI is InChI=1S/C19H23N5O3/c1-11(25)20-12-7-8-15-14(9-12)21-18(24(15)5)16-17(27-6)13(10-23(16)4)19(26)22(2)3/h7-10H,1-6H3,(H,20,25). The predicted molar refractivity (Wildman–Crippen MR) is 104 cm³/mol. The van der Waals surface area contributed by atoms with Crippen molar-refractivity contribution in [1.82, 2.24) is 19.0 Å². The third-order valence-electron chi connectivity index (χ3n) is 4.39. The fraction of sp³-hybridized carbons (Fsp3) is 0.316. The van der Waals surface area contributed by atoms with E-state index in [0.717, 1.165) is 11.0 Å². The van der Waals surface area contributed by atoms with E-state index in [0.29, 0.717) is 28.5 Å². The van der Waals surface area contributed by atoms with Gasteiger partial charge in [0.2, 0.25) is 5.91 Å². The smallest absolute Gasteiger partial charge is 0.258 e. The minimum absolute atomic E-state index is 0.138. The SMILES string of the molecule is COc1c(C(=O)N(C)C)cn(C)c1-c1nc2cc(NC(C)=O)ccc2n1C. The fourth-order valence-electron chi connectivity index (χ4n) is 3.16. The van der Waals surface area contributed by atoms with Gasteiger partial charge in [0.05, 0.1) is 23.7 Å². The van der Waals surface area contributed by atoms with Crippen molar-refractivity contribution in [1.29, 1.82) is 0 Å². The number of rotatable bonds is 4. The summed E-state index contributed by atoms with van der Waals surface area (Å²) in [6, 6.07) is 5.55. The number of hydrogen-bond acceptors (Lipinski definition) is 4. The van der Waals surface area contributed by atoms with Gasteiger partial charge in [-0.1, -0.05) is 0 Å². The first kappa shape index (κ1) is 18.5. The van der Waals surface area contributed by atoms with Crippen LogP contribution in [0.3, 0.4) is 0 Å². The fourth-order valence-corrected chi connectivity index (χ4v) is 3.16. The van der Waals surface area contributed by atoms with Crippen molar-refractivity contribution in [2.75, 3.05) is 26.5 Å². The molecule has 3 aromatic rings. The molecule has 0 aliphatic heterocycles. The quantitative estimate of drug-likeness (QED) is 0.765. The first-order valence-electron chi connectivity index (χ1n) is 8.44. The number of fused-ring (bicyclic) bond motifs is 1. The van der Waals surface area contributed by atoms with E-state index in [4.69, 9.17) is 9.72 Å². The van der Waals surface area contributed by atoms with Gasteiger partial charge in [-0.3, -0.25) is 9.59 Å². The topological polar surface area (TPSA) is 81.4 Å². The molecular weight excluding hydrogens is 346 g/mol. The summed E-state index contributed by atoms with van der Waals surface area (Å²) in [4.78, 5) is 30.0. The first-order chi connectivity index (χ1) is 12.7. The van der Waals surface area contributed by atoms with Gasteiger partial charge in [0.1, 0.15) is 5.69 Å². The van der Waals surface area contributed by atoms with Gasteiger partial charge in [-0.25, -0.2) is 4.98 Å². The van der Waals surface area contributed by atoms with Crippen LogP contribution in [0, 0.1) is 0 Å². The van der Waals surface area contributed by atoms with Crippen LogP contribution in [-0.4, -0.2) is 52.0 Å². The molecule has 142 valence electrons. The molecule has 0 spiro atoms. The molecule has 2 amide bonds. The van der Waals surface area contributed by atoms with Crippen molar-refractivity contribution < 1.29 is 14.3 Å². The third-order valence-corrected chi connectivity index (χ3v) is 4.39. The number of aromatic nitrogens is 3. The summed E-state index contributed by atoms with van der Waals surface area (Å²) >= 11 is 0. The molecule has 8 heteroatoms. The molecule has 0 aliphatic rings. The Morgan fingerprint density at radius 3 is 2.52 bits per heavy atom. The lowest BCUT2D eigenvalue weighted by Crippen LogP contribution is -2.21. The van der Waals surface area contributed by atoms with Gasteiger partial charge in [0, 0.05) is 47.0 Å². The molecule has 27 heavy (non-hydrogen) atoms. The Bertz CT molecular complexity index is 1050. The number of aryl methyl sites for hydroxylation is 2. The summed E-state index contributed by atoms with van der Waals surface area (Å²) in [5, 5.41) is 2.76. The largest absolute Gasteiger partial charge is 0.494 e. The van der Waals surface area contributed by atoms with Crippen LogP contribution in [0.2, 0.25) is 0 Å². The summed E-state index contributed by atoms with van der Waals surface area (Å²) in [6.45, 7) is 1.46. The van der Waals surface area contributed by atoms with Gasteiger partial charge < -0.3 is 24.1 Å².